The molecule has 0 aromatic heterocycles. The summed E-state index contributed by atoms with van der Waals surface area (Å²) < 4.78 is 4.83. The number of hydrogen-bond acceptors (Lipinski definition) is 3. The molecule has 0 heterocycles. The fourth-order valence-corrected chi connectivity index (χ4v) is 3.30. The van der Waals surface area contributed by atoms with Crippen LogP contribution in [0.3, 0.4) is 0 Å². The van der Waals surface area contributed by atoms with Gasteiger partial charge in [-0.3, -0.25) is 4.79 Å². The van der Waals surface area contributed by atoms with E-state index in [4.69, 9.17) is 27.9 Å². The maximum Gasteiger partial charge on any atom is 0.328 e. The van der Waals surface area contributed by atoms with E-state index in [2.05, 4.69) is 5.32 Å². The van der Waals surface area contributed by atoms with Gasteiger partial charge in [-0.1, -0.05) is 59.6 Å². The maximum absolute atomic E-state index is 12.7. The summed E-state index contributed by atoms with van der Waals surface area (Å²) in [5.74, 6) is -0.906. The van der Waals surface area contributed by atoms with Gasteiger partial charge in [-0.25, -0.2) is 4.79 Å². The predicted molar refractivity (Wildman–Crippen MR) is 107 cm³/mol. The van der Waals surface area contributed by atoms with E-state index in [0.29, 0.717) is 21.2 Å². The molecule has 0 unspecified atom stereocenters. The van der Waals surface area contributed by atoms with Crippen molar-refractivity contribution in [3.8, 4) is 0 Å². The van der Waals surface area contributed by atoms with Crippen LogP contribution in [0.15, 0.2) is 60.7 Å². The highest BCUT2D eigenvalue weighted by molar-refractivity contribution is 6.35. The largest absolute Gasteiger partial charge is 0.467 e. The van der Waals surface area contributed by atoms with Crippen molar-refractivity contribution < 1.29 is 14.3 Å². The minimum absolute atomic E-state index is 0.196. The smallest absolute Gasteiger partial charge is 0.328 e. The fraction of sp³-hybridized carbons (Fsp3) is 0.143. The van der Waals surface area contributed by atoms with Crippen molar-refractivity contribution in [1.29, 1.82) is 0 Å². The van der Waals surface area contributed by atoms with Crippen molar-refractivity contribution >= 4 is 45.9 Å². The topological polar surface area (TPSA) is 55.4 Å². The van der Waals surface area contributed by atoms with Gasteiger partial charge in [0.1, 0.15) is 6.04 Å². The van der Waals surface area contributed by atoms with Crippen molar-refractivity contribution in [2.24, 2.45) is 0 Å². The maximum atomic E-state index is 12.7. The molecular weight excluding hydrogens is 385 g/mol. The second-order valence-electron chi connectivity index (χ2n) is 6.05. The van der Waals surface area contributed by atoms with Gasteiger partial charge in [-0.2, -0.15) is 0 Å². The minimum atomic E-state index is -0.868. The van der Waals surface area contributed by atoms with E-state index in [1.807, 2.05) is 30.3 Å². The number of amides is 1. The summed E-state index contributed by atoms with van der Waals surface area (Å²) >= 11 is 12.1. The van der Waals surface area contributed by atoms with Crippen LogP contribution in [0.1, 0.15) is 15.9 Å². The van der Waals surface area contributed by atoms with E-state index in [1.165, 1.54) is 7.11 Å². The zero-order valence-electron chi connectivity index (χ0n) is 14.5. The number of benzene rings is 3. The van der Waals surface area contributed by atoms with E-state index >= 15 is 0 Å². The Morgan fingerprint density at radius 3 is 2.44 bits per heavy atom. The number of rotatable bonds is 5. The van der Waals surface area contributed by atoms with Crippen LogP contribution in [0.4, 0.5) is 0 Å². The summed E-state index contributed by atoms with van der Waals surface area (Å²) in [4.78, 5) is 24.8. The molecule has 3 aromatic carbocycles. The number of nitrogens with one attached hydrogen (secondary N) is 1. The van der Waals surface area contributed by atoms with Gasteiger partial charge in [0.25, 0.3) is 5.91 Å². The SMILES string of the molecule is COC(=O)[C@H](Cc1ccc(Cl)cc1Cl)NC(=O)c1ccc2ccccc2c1. The zero-order valence-corrected chi connectivity index (χ0v) is 16.1. The standard InChI is InChI=1S/C21H17Cl2NO3/c1-27-21(26)19(11-15-8-9-17(22)12-18(15)23)24-20(25)16-7-6-13-4-2-3-5-14(13)10-16/h2-10,12,19H,11H2,1H3,(H,24,25)/t19-/m0/s1. The third-order valence-electron chi connectivity index (χ3n) is 4.24. The quantitative estimate of drug-likeness (QED) is 0.632. The Morgan fingerprint density at radius 1 is 1.00 bits per heavy atom. The number of carbonyl (C=O) groups is 2. The van der Waals surface area contributed by atoms with Crippen molar-refractivity contribution in [3.63, 3.8) is 0 Å². The second-order valence-corrected chi connectivity index (χ2v) is 6.89. The monoisotopic (exact) mass is 401 g/mol. The first-order chi connectivity index (χ1) is 13.0. The summed E-state index contributed by atoms with van der Waals surface area (Å²) in [6.45, 7) is 0. The van der Waals surface area contributed by atoms with E-state index in [0.717, 1.165) is 10.8 Å². The first kappa shape index (κ1) is 19.2. The molecule has 0 aliphatic heterocycles. The van der Waals surface area contributed by atoms with E-state index < -0.39 is 12.0 Å². The van der Waals surface area contributed by atoms with E-state index in [-0.39, 0.29) is 12.3 Å². The summed E-state index contributed by atoms with van der Waals surface area (Å²) in [6.07, 6.45) is 0.196. The summed E-state index contributed by atoms with van der Waals surface area (Å²) in [5.41, 5.74) is 1.15. The van der Waals surface area contributed by atoms with Gasteiger partial charge in [-0.05, 0) is 40.6 Å². The molecule has 0 fully saturated rings. The molecule has 138 valence electrons. The highest BCUT2D eigenvalue weighted by Gasteiger charge is 2.23. The molecular formula is C21H17Cl2NO3. The van der Waals surface area contributed by atoms with Gasteiger partial charge in [0.05, 0.1) is 7.11 Å². The number of ether oxygens (including phenoxy) is 1. The number of fused-ring (bicyclic) bond motifs is 1. The van der Waals surface area contributed by atoms with Gasteiger partial charge >= 0.3 is 5.97 Å². The van der Waals surface area contributed by atoms with Crippen LogP contribution in [0.2, 0.25) is 10.0 Å². The Bertz CT molecular complexity index is 1000. The summed E-state index contributed by atoms with van der Waals surface area (Å²) in [6, 6.07) is 17.3. The second kappa shape index (κ2) is 8.42. The molecule has 1 atom stereocenters. The molecule has 3 rings (SSSR count). The number of hydrogen-bond donors (Lipinski definition) is 1. The minimum Gasteiger partial charge on any atom is -0.467 e. The normalized spacial score (nSPS) is 11.8. The Balaban J connectivity index is 1.82. The Kier molecular flexibility index (Phi) is 5.99. The number of methoxy groups -OCH3 is 1. The zero-order chi connectivity index (χ0) is 19.4. The number of halogens is 2. The Hall–Kier alpha value is -2.56. The van der Waals surface area contributed by atoms with Crippen molar-refractivity contribution in [1.82, 2.24) is 5.32 Å². The fourth-order valence-electron chi connectivity index (χ4n) is 2.81. The first-order valence-corrected chi connectivity index (χ1v) is 9.05. The van der Waals surface area contributed by atoms with Gasteiger partial charge < -0.3 is 10.1 Å². The molecule has 0 saturated heterocycles. The molecule has 0 saturated carbocycles. The average Bonchev–Trinajstić information content (AvgIpc) is 2.68. The van der Waals surface area contributed by atoms with Crippen LogP contribution in [0.25, 0.3) is 10.8 Å². The number of carbonyl (C=O) groups excluding carboxylic acids is 2. The van der Waals surface area contributed by atoms with Crippen LogP contribution in [0, 0.1) is 0 Å². The third kappa shape index (κ3) is 4.59. The first-order valence-electron chi connectivity index (χ1n) is 8.29. The molecule has 0 bridgehead atoms. The van der Waals surface area contributed by atoms with Gasteiger partial charge in [0.15, 0.2) is 0 Å². The summed E-state index contributed by atoms with van der Waals surface area (Å²) in [5, 5.41) is 5.64. The molecule has 0 aliphatic carbocycles. The molecule has 3 aromatic rings. The number of esters is 1. The Labute approximate surface area is 167 Å². The van der Waals surface area contributed by atoms with E-state index in [9.17, 15) is 9.59 Å². The molecule has 0 aliphatic rings. The lowest BCUT2D eigenvalue weighted by Crippen LogP contribution is -2.43. The van der Waals surface area contributed by atoms with Crippen molar-refractivity contribution in [2.75, 3.05) is 7.11 Å². The summed E-state index contributed by atoms with van der Waals surface area (Å²) in [7, 11) is 1.28. The molecule has 6 heteroatoms. The van der Waals surface area contributed by atoms with Gasteiger partial charge in [0.2, 0.25) is 0 Å². The molecule has 0 spiro atoms. The van der Waals surface area contributed by atoms with Crippen LogP contribution in [-0.4, -0.2) is 25.0 Å². The predicted octanol–water partition coefficient (Wildman–Crippen LogP) is 4.66. The highest BCUT2D eigenvalue weighted by atomic mass is 35.5. The lowest BCUT2D eigenvalue weighted by molar-refractivity contribution is -0.142. The highest BCUT2D eigenvalue weighted by Crippen LogP contribution is 2.22. The molecule has 1 N–H and O–H groups in total. The van der Waals surface area contributed by atoms with Crippen LogP contribution in [-0.2, 0) is 16.0 Å². The molecule has 4 nitrogen and oxygen atoms in total. The molecule has 0 radical (unpaired) electrons. The van der Waals surface area contributed by atoms with Crippen LogP contribution >= 0.6 is 23.2 Å². The van der Waals surface area contributed by atoms with Crippen LogP contribution < -0.4 is 5.32 Å². The van der Waals surface area contributed by atoms with Crippen molar-refractivity contribution in [2.45, 2.75) is 12.5 Å². The van der Waals surface area contributed by atoms with Crippen molar-refractivity contribution in [3.05, 3.63) is 81.8 Å². The van der Waals surface area contributed by atoms with Gasteiger partial charge in [-0.15, -0.1) is 0 Å². The lowest BCUT2D eigenvalue weighted by atomic mass is 10.0. The Morgan fingerprint density at radius 2 is 1.74 bits per heavy atom. The lowest BCUT2D eigenvalue weighted by Gasteiger charge is -2.17. The van der Waals surface area contributed by atoms with Crippen LogP contribution in [0.5, 0.6) is 0 Å². The molecule has 1 amide bonds. The van der Waals surface area contributed by atoms with Gasteiger partial charge in [0, 0.05) is 22.0 Å². The third-order valence-corrected chi connectivity index (χ3v) is 4.83. The average molecular weight is 402 g/mol. The van der Waals surface area contributed by atoms with E-state index in [1.54, 1.807) is 30.3 Å². The molecule has 27 heavy (non-hydrogen) atoms.